The van der Waals surface area contributed by atoms with Gasteiger partial charge >= 0.3 is 0 Å². The number of carbonyl (C=O) groups is 1. The molecule has 14 heavy (non-hydrogen) atoms. The summed E-state index contributed by atoms with van der Waals surface area (Å²) in [5, 5.41) is 0. The van der Waals surface area contributed by atoms with Gasteiger partial charge in [-0.15, -0.1) is 0 Å². The van der Waals surface area contributed by atoms with Crippen LogP contribution in [0.1, 0.15) is 20.3 Å². The molecule has 1 fully saturated rings. The van der Waals surface area contributed by atoms with Gasteiger partial charge in [-0.2, -0.15) is 0 Å². The van der Waals surface area contributed by atoms with Gasteiger partial charge in [0.15, 0.2) is 0 Å². The van der Waals surface area contributed by atoms with E-state index in [2.05, 4.69) is 6.92 Å². The number of nitrogens with zero attached hydrogens (tertiary/aromatic N) is 1. The third-order valence-electron chi connectivity index (χ3n) is 2.72. The molecule has 1 aliphatic heterocycles. The lowest BCUT2D eigenvalue weighted by atomic mass is 10.0. The van der Waals surface area contributed by atoms with Gasteiger partial charge in [0.05, 0.1) is 0 Å². The van der Waals surface area contributed by atoms with E-state index in [-0.39, 0.29) is 12.0 Å². The first-order valence-corrected chi connectivity index (χ1v) is 5.31. The van der Waals surface area contributed by atoms with Gasteiger partial charge in [0, 0.05) is 26.2 Å². The van der Waals surface area contributed by atoms with Crippen molar-refractivity contribution in [2.24, 2.45) is 11.7 Å². The highest BCUT2D eigenvalue weighted by atomic mass is 16.5. The standard InChI is InChI=1S/C10H20N2O2/c1-3-12(6-5-11)10(13)9-8(2)4-7-14-9/h8-9H,3-7,11H2,1-2H3. The maximum Gasteiger partial charge on any atom is 0.252 e. The van der Waals surface area contributed by atoms with Crippen molar-refractivity contribution in [3.63, 3.8) is 0 Å². The molecule has 2 unspecified atom stereocenters. The molecule has 0 aromatic heterocycles. The van der Waals surface area contributed by atoms with Gasteiger partial charge in [0.25, 0.3) is 5.91 Å². The van der Waals surface area contributed by atoms with Gasteiger partial charge in [-0.1, -0.05) is 6.92 Å². The summed E-state index contributed by atoms with van der Waals surface area (Å²) >= 11 is 0. The smallest absolute Gasteiger partial charge is 0.252 e. The zero-order valence-corrected chi connectivity index (χ0v) is 9.03. The Labute approximate surface area is 85.4 Å². The lowest BCUT2D eigenvalue weighted by molar-refractivity contribution is -0.142. The number of nitrogens with two attached hydrogens (primary N) is 1. The predicted octanol–water partition coefficient (Wildman–Crippen LogP) is 0.219. The highest BCUT2D eigenvalue weighted by Crippen LogP contribution is 2.21. The second-order valence-corrected chi connectivity index (χ2v) is 3.76. The minimum atomic E-state index is -0.235. The molecule has 2 atom stereocenters. The molecule has 1 amide bonds. The highest BCUT2D eigenvalue weighted by Gasteiger charge is 2.33. The molecule has 82 valence electrons. The van der Waals surface area contributed by atoms with E-state index < -0.39 is 0 Å². The van der Waals surface area contributed by atoms with Crippen LogP contribution in [0.2, 0.25) is 0 Å². The van der Waals surface area contributed by atoms with Crippen molar-refractivity contribution in [3.8, 4) is 0 Å². The number of carbonyl (C=O) groups excluding carboxylic acids is 1. The van der Waals surface area contributed by atoms with Crippen molar-refractivity contribution >= 4 is 5.91 Å². The van der Waals surface area contributed by atoms with Crippen LogP contribution in [0, 0.1) is 5.92 Å². The molecule has 0 bridgehead atoms. The summed E-state index contributed by atoms with van der Waals surface area (Å²) < 4.78 is 5.42. The number of rotatable bonds is 4. The fourth-order valence-corrected chi connectivity index (χ4v) is 1.77. The molecule has 0 aromatic rings. The maximum absolute atomic E-state index is 11.9. The first-order valence-electron chi connectivity index (χ1n) is 5.31. The average Bonchev–Trinajstić information content (AvgIpc) is 2.59. The Morgan fingerprint density at radius 3 is 2.79 bits per heavy atom. The minimum absolute atomic E-state index is 0.1000. The fraction of sp³-hybridized carbons (Fsp3) is 0.900. The Morgan fingerprint density at radius 1 is 1.64 bits per heavy atom. The summed E-state index contributed by atoms with van der Waals surface area (Å²) in [6, 6.07) is 0. The summed E-state index contributed by atoms with van der Waals surface area (Å²) in [6.07, 6.45) is 0.748. The van der Waals surface area contributed by atoms with Gasteiger partial charge in [-0.05, 0) is 19.3 Å². The predicted molar refractivity (Wildman–Crippen MR) is 54.8 cm³/mol. The normalized spacial score (nSPS) is 26.5. The molecule has 0 radical (unpaired) electrons. The monoisotopic (exact) mass is 200 g/mol. The van der Waals surface area contributed by atoms with E-state index in [0.29, 0.717) is 32.2 Å². The molecular weight excluding hydrogens is 180 g/mol. The van der Waals surface area contributed by atoms with Crippen LogP contribution in [-0.4, -0.2) is 43.2 Å². The van der Waals surface area contributed by atoms with Crippen molar-refractivity contribution in [2.75, 3.05) is 26.2 Å². The molecule has 0 aromatic carbocycles. The largest absolute Gasteiger partial charge is 0.368 e. The molecule has 0 saturated carbocycles. The molecule has 4 heteroatoms. The Hall–Kier alpha value is -0.610. The van der Waals surface area contributed by atoms with Gasteiger partial charge in [-0.3, -0.25) is 4.79 Å². The van der Waals surface area contributed by atoms with Crippen LogP contribution in [0.3, 0.4) is 0 Å². The zero-order chi connectivity index (χ0) is 10.6. The van der Waals surface area contributed by atoms with E-state index in [1.54, 1.807) is 4.90 Å². The van der Waals surface area contributed by atoms with E-state index in [9.17, 15) is 4.79 Å². The topological polar surface area (TPSA) is 55.6 Å². The number of hydrogen-bond donors (Lipinski definition) is 1. The van der Waals surface area contributed by atoms with Crippen LogP contribution < -0.4 is 5.73 Å². The van der Waals surface area contributed by atoms with E-state index in [4.69, 9.17) is 10.5 Å². The van der Waals surface area contributed by atoms with Crippen LogP contribution in [0.4, 0.5) is 0 Å². The van der Waals surface area contributed by atoms with E-state index >= 15 is 0 Å². The lowest BCUT2D eigenvalue weighted by Gasteiger charge is -2.24. The second-order valence-electron chi connectivity index (χ2n) is 3.76. The number of amides is 1. The molecule has 1 heterocycles. The maximum atomic E-state index is 11.9. The number of likely N-dealkylation sites (N-methyl/N-ethyl adjacent to an activating group) is 1. The van der Waals surface area contributed by atoms with Gasteiger partial charge in [-0.25, -0.2) is 0 Å². The molecule has 4 nitrogen and oxygen atoms in total. The Balaban J connectivity index is 2.52. The van der Waals surface area contributed by atoms with Gasteiger partial charge in [0.2, 0.25) is 0 Å². The summed E-state index contributed by atoms with van der Waals surface area (Å²) in [5.41, 5.74) is 5.44. The van der Waals surface area contributed by atoms with E-state index in [0.717, 1.165) is 6.42 Å². The van der Waals surface area contributed by atoms with E-state index in [1.807, 2.05) is 6.92 Å². The van der Waals surface area contributed by atoms with E-state index in [1.165, 1.54) is 0 Å². The number of hydrogen-bond acceptors (Lipinski definition) is 3. The molecular formula is C10H20N2O2. The highest BCUT2D eigenvalue weighted by molar-refractivity contribution is 5.81. The zero-order valence-electron chi connectivity index (χ0n) is 9.03. The second kappa shape index (κ2) is 5.32. The summed E-state index contributed by atoms with van der Waals surface area (Å²) in [4.78, 5) is 13.7. The molecule has 1 saturated heterocycles. The van der Waals surface area contributed by atoms with Crippen molar-refractivity contribution in [2.45, 2.75) is 26.4 Å². The van der Waals surface area contributed by atoms with Crippen molar-refractivity contribution < 1.29 is 9.53 Å². The first kappa shape index (κ1) is 11.5. The minimum Gasteiger partial charge on any atom is -0.368 e. The van der Waals surface area contributed by atoms with Gasteiger partial charge in [0.1, 0.15) is 6.10 Å². The van der Waals surface area contributed by atoms with Crippen molar-refractivity contribution in [3.05, 3.63) is 0 Å². The fourth-order valence-electron chi connectivity index (χ4n) is 1.77. The molecule has 2 N–H and O–H groups in total. The third kappa shape index (κ3) is 2.45. The van der Waals surface area contributed by atoms with Crippen LogP contribution >= 0.6 is 0 Å². The molecule has 0 spiro atoms. The summed E-state index contributed by atoms with van der Waals surface area (Å²) in [7, 11) is 0. The summed E-state index contributed by atoms with van der Waals surface area (Å²) in [6.45, 7) is 6.59. The Morgan fingerprint density at radius 2 is 2.36 bits per heavy atom. The van der Waals surface area contributed by atoms with Crippen LogP contribution in [-0.2, 0) is 9.53 Å². The molecule has 1 aliphatic rings. The van der Waals surface area contributed by atoms with Crippen molar-refractivity contribution in [1.29, 1.82) is 0 Å². The SMILES string of the molecule is CCN(CCN)C(=O)C1OCCC1C. The number of ether oxygens (including phenoxy) is 1. The first-order chi connectivity index (χ1) is 6.70. The van der Waals surface area contributed by atoms with Crippen LogP contribution in [0.5, 0.6) is 0 Å². The average molecular weight is 200 g/mol. The van der Waals surface area contributed by atoms with Crippen LogP contribution in [0.25, 0.3) is 0 Å². The molecule has 0 aliphatic carbocycles. The Kier molecular flexibility index (Phi) is 4.35. The third-order valence-corrected chi connectivity index (χ3v) is 2.72. The quantitative estimate of drug-likeness (QED) is 0.706. The molecule has 1 rings (SSSR count). The lowest BCUT2D eigenvalue weighted by Crippen LogP contribution is -2.43. The Bertz CT molecular complexity index is 197. The summed E-state index contributed by atoms with van der Waals surface area (Å²) in [5.74, 6) is 0.442. The van der Waals surface area contributed by atoms with Gasteiger partial charge < -0.3 is 15.4 Å². The van der Waals surface area contributed by atoms with Crippen molar-refractivity contribution in [1.82, 2.24) is 4.90 Å². The van der Waals surface area contributed by atoms with Crippen LogP contribution in [0.15, 0.2) is 0 Å².